The van der Waals surface area contributed by atoms with Gasteiger partial charge in [-0.1, -0.05) is 47.1 Å². The van der Waals surface area contributed by atoms with Crippen LogP contribution in [0.3, 0.4) is 0 Å². The van der Waals surface area contributed by atoms with E-state index < -0.39 is 17.5 Å². The Balaban J connectivity index is 1.99. The Hall–Kier alpha value is -1.65. The summed E-state index contributed by atoms with van der Waals surface area (Å²) >= 11 is 13.3. The number of hydrogen-bond donors (Lipinski definition) is 4. The predicted molar refractivity (Wildman–Crippen MR) is 95.8 cm³/mol. The first-order valence-corrected chi connectivity index (χ1v) is 8.68. The van der Waals surface area contributed by atoms with E-state index in [-0.39, 0.29) is 25.8 Å². The lowest BCUT2D eigenvalue weighted by molar-refractivity contribution is -0.139. The molecule has 0 spiro atoms. The van der Waals surface area contributed by atoms with Crippen molar-refractivity contribution in [2.24, 2.45) is 16.5 Å². The number of nitrogens with two attached hydrogens (primary N) is 2. The summed E-state index contributed by atoms with van der Waals surface area (Å²) in [6.07, 6.45) is -4.49. The molecule has 3 rings (SSSR count). The highest BCUT2D eigenvalue weighted by Crippen LogP contribution is 2.45. The van der Waals surface area contributed by atoms with Crippen LogP contribution in [0.4, 0.5) is 13.2 Å². The van der Waals surface area contributed by atoms with Crippen LogP contribution in [0.25, 0.3) is 0 Å². The first-order valence-electron chi connectivity index (χ1n) is 7.11. The molecule has 0 saturated carbocycles. The van der Waals surface area contributed by atoms with Gasteiger partial charge in [0.15, 0.2) is 0 Å². The van der Waals surface area contributed by atoms with Gasteiger partial charge >= 0.3 is 6.18 Å². The molecule has 0 amide bonds. The van der Waals surface area contributed by atoms with Crippen molar-refractivity contribution in [3.05, 3.63) is 57.6 Å². The summed E-state index contributed by atoms with van der Waals surface area (Å²) in [7, 11) is 0. The molecule has 6 N–H and O–H groups in total. The van der Waals surface area contributed by atoms with Gasteiger partial charge in [0.2, 0.25) is 11.7 Å². The van der Waals surface area contributed by atoms with Crippen molar-refractivity contribution in [3.8, 4) is 0 Å². The van der Waals surface area contributed by atoms with Gasteiger partial charge in [0.1, 0.15) is 0 Å². The third-order valence-electron chi connectivity index (χ3n) is 3.52. The molecule has 1 unspecified atom stereocenters. The second-order valence-corrected chi connectivity index (χ2v) is 7.25. The molecule has 0 aliphatic carbocycles. The van der Waals surface area contributed by atoms with E-state index in [4.69, 9.17) is 34.7 Å². The molecule has 2 aromatic rings. The quantitative estimate of drug-likeness (QED) is 0.607. The van der Waals surface area contributed by atoms with Gasteiger partial charge in [-0.25, -0.2) is 4.99 Å². The Morgan fingerprint density at radius 1 is 1.12 bits per heavy atom. The molecular formula is C15H12Cl2F3N5S. The molecule has 0 fully saturated rings. The van der Waals surface area contributed by atoms with Crippen molar-refractivity contribution in [2.45, 2.75) is 21.8 Å². The number of alkyl halides is 3. The number of nitrogens with one attached hydrogen (secondary N) is 2. The Labute approximate surface area is 160 Å². The van der Waals surface area contributed by atoms with Crippen molar-refractivity contribution in [2.75, 3.05) is 0 Å². The second-order valence-electron chi connectivity index (χ2n) is 5.38. The Morgan fingerprint density at radius 2 is 1.73 bits per heavy atom. The molecule has 1 aliphatic heterocycles. The fourth-order valence-corrected chi connectivity index (χ4v) is 4.01. The van der Waals surface area contributed by atoms with E-state index in [2.05, 4.69) is 15.8 Å². The average molecular weight is 422 g/mol. The minimum absolute atomic E-state index is 0.0121. The highest BCUT2D eigenvalue weighted by atomic mass is 35.5. The molecule has 138 valence electrons. The van der Waals surface area contributed by atoms with Crippen LogP contribution < -0.4 is 22.3 Å². The van der Waals surface area contributed by atoms with Crippen LogP contribution >= 0.6 is 35.0 Å². The maximum absolute atomic E-state index is 13.2. The zero-order valence-corrected chi connectivity index (χ0v) is 15.2. The lowest BCUT2D eigenvalue weighted by atomic mass is 10.1. The van der Waals surface area contributed by atoms with Gasteiger partial charge in [-0.2, -0.15) is 18.6 Å². The molecule has 0 aromatic heterocycles. The SMILES string of the molecule is NC1=NC(N)(c2cc(Cl)c(Sc3ccccc3C(F)(F)F)c(Cl)c2)NN1. The highest BCUT2D eigenvalue weighted by molar-refractivity contribution is 7.99. The maximum Gasteiger partial charge on any atom is 0.417 e. The molecule has 5 nitrogen and oxygen atoms in total. The number of aliphatic imine (C=N–C) groups is 1. The van der Waals surface area contributed by atoms with E-state index in [9.17, 15) is 13.2 Å². The Bertz CT molecular complexity index is 867. The largest absolute Gasteiger partial charge is 0.417 e. The summed E-state index contributed by atoms with van der Waals surface area (Å²) in [4.78, 5) is 4.28. The van der Waals surface area contributed by atoms with E-state index >= 15 is 0 Å². The maximum atomic E-state index is 13.2. The Kier molecular flexibility index (Phi) is 5.02. The van der Waals surface area contributed by atoms with Crippen LogP contribution in [0.15, 0.2) is 51.2 Å². The van der Waals surface area contributed by atoms with Crippen LogP contribution in [-0.2, 0) is 12.0 Å². The normalized spacial score (nSPS) is 20.0. The molecule has 0 radical (unpaired) electrons. The number of benzene rings is 2. The Morgan fingerprint density at radius 3 is 2.27 bits per heavy atom. The molecular weight excluding hydrogens is 410 g/mol. The van der Waals surface area contributed by atoms with Gasteiger partial charge in [-0.05, 0) is 24.3 Å². The van der Waals surface area contributed by atoms with E-state index in [1.807, 2.05) is 0 Å². The number of nitrogens with zero attached hydrogens (tertiary/aromatic N) is 1. The minimum atomic E-state index is -4.49. The zero-order valence-electron chi connectivity index (χ0n) is 12.9. The van der Waals surface area contributed by atoms with Crippen molar-refractivity contribution in [1.82, 2.24) is 10.9 Å². The standard InChI is InChI=1S/C15H12Cl2F3N5S/c16-9-5-7(15(22)23-13(21)24-25-15)6-10(17)12(9)26-11-4-2-1-3-8(11)14(18,19)20/h1-6,25H,22H2,(H3,21,23,24). The van der Waals surface area contributed by atoms with Crippen molar-refractivity contribution >= 4 is 40.9 Å². The van der Waals surface area contributed by atoms with Crippen LogP contribution in [0, 0.1) is 0 Å². The monoisotopic (exact) mass is 421 g/mol. The molecule has 11 heteroatoms. The fourth-order valence-electron chi connectivity index (χ4n) is 2.32. The van der Waals surface area contributed by atoms with Gasteiger partial charge in [-0.15, -0.1) is 0 Å². The van der Waals surface area contributed by atoms with Gasteiger partial charge in [0.05, 0.1) is 15.6 Å². The van der Waals surface area contributed by atoms with E-state index in [0.717, 1.165) is 17.8 Å². The summed E-state index contributed by atoms with van der Waals surface area (Å²) in [5.74, 6) is -1.30. The highest BCUT2D eigenvalue weighted by Gasteiger charge is 2.35. The molecule has 1 heterocycles. The number of hydrogen-bond acceptors (Lipinski definition) is 6. The molecule has 1 aliphatic rings. The van der Waals surface area contributed by atoms with Crippen LogP contribution in [0.1, 0.15) is 11.1 Å². The van der Waals surface area contributed by atoms with E-state index in [1.165, 1.54) is 30.3 Å². The number of guanidine groups is 1. The summed E-state index contributed by atoms with van der Waals surface area (Å²) in [5, 5.41) is 0.281. The van der Waals surface area contributed by atoms with Gasteiger partial charge in [0, 0.05) is 15.4 Å². The van der Waals surface area contributed by atoms with Crippen LogP contribution in [-0.4, -0.2) is 5.96 Å². The summed E-state index contributed by atoms with van der Waals surface area (Å²) < 4.78 is 39.5. The van der Waals surface area contributed by atoms with Crippen molar-refractivity contribution in [1.29, 1.82) is 0 Å². The number of hydrazine groups is 1. The minimum Gasteiger partial charge on any atom is -0.369 e. The predicted octanol–water partition coefficient (Wildman–Crippen LogP) is 3.65. The number of halogens is 5. The fraction of sp³-hybridized carbons (Fsp3) is 0.133. The van der Waals surface area contributed by atoms with Gasteiger partial charge in [0.25, 0.3) is 0 Å². The zero-order chi connectivity index (χ0) is 19.1. The first-order chi connectivity index (χ1) is 12.1. The summed E-state index contributed by atoms with van der Waals surface area (Å²) in [5.41, 5.74) is 16.5. The topological polar surface area (TPSA) is 88.5 Å². The van der Waals surface area contributed by atoms with E-state index in [0.29, 0.717) is 5.56 Å². The number of rotatable bonds is 3. The molecule has 2 aromatic carbocycles. The third-order valence-corrected chi connectivity index (χ3v) is 5.56. The second kappa shape index (κ2) is 6.82. The van der Waals surface area contributed by atoms with Gasteiger partial charge < -0.3 is 5.73 Å². The van der Waals surface area contributed by atoms with Crippen LogP contribution in [0.5, 0.6) is 0 Å². The third kappa shape index (κ3) is 3.72. The van der Waals surface area contributed by atoms with Crippen molar-refractivity contribution in [3.63, 3.8) is 0 Å². The average Bonchev–Trinajstić information content (AvgIpc) is 2.90. The molecule has 26 heavy (non-hydrogen) atoms. The van der Waals surface area contributed by atoms with Gasteiger partial charge in [-0.3, -0.25) is 11.2 Å². The smallest absolute Gasteiger partial charge is 0.369 e. The molecule has 0 bridgehead atoms. The first kappa shape index (κ1) is 19.1. The van der Waals surface area contributed by atoms with Crippen LogP contribution in [0.2, 0.25) is 10.0 Å². The van der Waals surface area contributed by atoms with E-state index in [1.54, 1.807) is 0 Å². The summed E-state index contributed by atoms with van der Waals surface area (Å²) in [6, 6.07) is 8.13. The molecule has 1 atom stereocenters. The lowest BCUT2D eigenvalue weighted by Crippen LogP contribution is -2.50. The lowest BCUT2D eigenvalue weighted by Gasteiger charge is -2.22. The summed E-state index contributed by atoms with van der Waals surface area (Å²) in [6.45, 7) is 0. The molecule has 0 saturated heterocycles. The van der Waals surface area contributed by atoms with Crippen molar-refractivity contribution < 1.29 is 13.2 Å².